The molecule has 1 aliphatic heterocycles. The van der Waals surface area contributed by atoms with Crippen molar-refractivity contribution in [2.24, 2.45) is 0 Å². The van der Waals surface area contributed by atoms with Gasteiger partial charge < -0.3 is 19.7 Å². The average molecular weight is 370 g/mol. The van der Waals surface area contributed by atoms with Crippen LogP contribution in [-0.2, 0) is 13.2 Å². The third-order valence-corrected chi connectivity index (χ3v) is 5.01. The molecule has 0 radical (unpaired) electrons. The summed E-state index contributed by atoms with van der Waals surface area (Å²) in [5, 5.41) is 3.63. The highest BCUT2D eigenvalue weighted by Crippen LogP contribution is 2.28. The molecule has 1 aromatic heterocycles. The van der Waals surface area contributed by atoms with Crippen LogP contribution in [0, 0.1) is 0 Å². The Hall–Kier alpha value is -2.11. The molecule has 1 atom stereocenters. The number of benzene rings is 1. The van der Waals surface area contributed by atoms with Crippen LogP contribution in [0.1, 0.15) is 37.3 Å². The highest BCUT2D eigenvalue weighted by atomic mass is 16.5. The number of ether oxygens (including phenoxy) is 2. The van der Waals surface area contributed by atoms with E-state index in [0.717, 1.165) is 30.2 Å². The van der Waals surface area contributed by atoms with Gasteiger partial charge in [0.1, 0.15) is 6.61 Å². The molecule has 2 aromatic rings. The van der Waals surface area contributed by atoms with E-state index in [-0.39, 0.29) is 0 Å². The maximum absolute atomic E-state index is 5.92. The van der Waals surface area contributed by atoms with E-state index in [9.17, 15) is 0 Å². The van der Waals surface area contributed by atoms with Gasteiger partial charge in [-0.3, -0.25) is 4.98 Å². The van der Waals surface area contributed by atoms with Crippen molar-refractivity contribution in [1.82, 2.24) is 15.2 Å². The lowest BCUT2D eigenvalue weighted by Gasteiger charge is -2.29. The standard InChI is InChI=1S/C22H31N3O2/c1-18(16-25-12-4-3-5-13-25)24-15-20-6-7-21(22(14-20)26-2)27-17-19-8-10-23-11-9-19/h6-11,14,18,24H,3-5,12-13,15-17H2,1-2H3. The van der Waals surface area contributed by atoms with Crippen LogP contribution in [0.15, 0.2) is 42.7 Å². The van der Waals surface area contributed by atoms with Crippen molar-refractivity contribution in [2.75, 3.05) is 26.7 Å². The van der Waals surface area contributed by atoms with Crippen LogP contribution in [0.25, 0.3) is 0 Å². The van der Waals surface area contributed by atoms with Gasteiger partial charge in [0.2, 0.25) is 0 Å². The fourth-order valence-corrected chi connectivity index (χ4v) is 3.47. The zero-order valence-electron chi connectivity index (χ0n) is 16.5. The van der Waals surface area contributed by atoms with Crippen LogP contribution in [0.5, 0.6) is 11.5 Å². The Morgan fingerprint density at radius 1 is 1.04 bits per heavy atom. The van der Waals surface area contributed by atoms with Gasteiger partial charge in [-0.25, -0.2) is 0 Å². The van der Waals surface area contributed by atoms with E-state index in [2.05, 4.69) is 34.3 Å². The van der Waals surface area contributed by atoms with Crippen LogP contribution in [0.3, 0.4) is 0 Å². The molecule has 146 valence electrons. The quantitative estimate of drug-likeness (QED) is 0.731. The number of methoxy groups -OCH3 is 1. The Morgan fingerprint density at radius 2 is 1.81 bits per heavy atom. The zero-order chi connectivity index (χ0) is 18.9. The summed E-state index contributed by atoms with van der Waals surface area (Å²) < 4.78 is 11.4. The first-order valence-electron chi connectivity index (χ1n) is 9.89. The van der Waals surface area contributed by atoms with E-state index in [1.807, 2.05) is 18.2 Å². The first-order valence-corrected chi connectivity index (χ1v) is 9.89. The monoisotopic (exact) mass is 369 g/mol. The van der Waals surface area contributed by atoms with E-state index in [4.69, 9.17) is 9.47 Å². The second-order valence-corrected chi connectivity index (χ2v) is 7.27. The van der Waals surface area contributed by atoms with Crippen molar-refractivity contribution in [1.29, 1.82) is 0 Å². The summed E-state index contributed by atoms with van der Waals surface area (Å²) in [7, 11) is 1.69. The number of pyridine rings is 1. The number of hydrogen-bond donors (Lipinski definition) is 1. The van der Waals surface area contributed by atoms with Crippen molar-refractivity contribution in [2.45, 2.75) is 45.4 Å². The van der Waals surface area contributed by atoms with Crippen LogP contribution in [0.4, 0.5) is 0 Å². The number of aromatic nitrogens is 1. The van der Waals surface area contributed by atoms with Crippen LogP contribution < -0.4 is 14.8 Å². The van der Waals surface area contributed by atoms with Gasteiger partial charge in [-0.05, 0) is 68.2 Å². The minimum atomic E-state index is 0.469. The minimum Gasteiger partial charge on any atom is -0.493 e. The molecule has 1 N–H and O–H groups in total. The number of nitrogens with zero attached hydrogens (tertiary/aromatic N) is 2. The van der Waals surface area contributed by atoms with E-state index in [1.54, 1.807) is 19.5 Å². The third-order valence-electron chi connectivity index (χ3n) is 5.01. The summed E-state index contributed by atoms with van der Waals surface area (Å²) >= 11 is 0. The summed E-state index contributed by atoms with van der Waals surface area (Å²) in [6.07, 6.45) is 7.61. The molecule has 1 aliphatic rings. The maximum Gasteiger partial charge on any atom is 0.161 e. The Labute approximate surface area is 162 Å². The van der Waals surface area contributed by atoms with Crippen molar-refractivity contribution in [3.63, 3.8) is 0 Å². The second-order valence-electron chi connectivity index (χ2n) is 7.27. The van der Waals surface area contributed by atoms with Crippen molar-refractivity contribution in [3.8, 4) is 11.5 Å². The van der Waals surface area contributed by atoms with Gasteiger partial charge in [-0.15, -0.1) is 0 Å². The third kappa shape index (κ3) is 6.22. The van der Waals surface area contributed by atoms with E-state index < -0.39 is 0 Å². The lowest BCUT2D eigenvalue weighted by Crippen LogP contribution is -2.41. The molecule has 5 nitrogen and oxygen atoms in total. The van der Waals surface area contributed by atoms with Gasteiger partial charge in [0.25, 0.3) is 0 Å². The largest absolute Gasteiger partial charge is 0.493 e. The van der Waals surface area contributed by atoms with Gasteiger partial charge in [-0.1, -0.05) is 12.5 Å². The lowest BCUT2D eigenvalue weighted by molar-refractivity contribution is 0.209. The number of hydrogen-bond acceptors (Lipinski definition) is 5. The lowest BCUT2D eigenvalue weighted by atomic mass is 10.1. The molecule has 0 amide bonds. The van der Waals surface area contributed by atoms with E-state index in [1.165, 1.54) is 37.9 Å². The Balaban J connectivity index is 1.50. The van der Waals surface area contributed by atoms with Crippen LogP contribution in [0.2, 0.25) is 0 Å². The molecule has 2 heterocycles. The zero-order valence-corrected chi connectivity index (χ0v) is 16.5. The van der Waals surface area contributed by atoms with E-state index >= 15 is 0 Å². The first kappa shape index (κ1) is 19.6. The molecule has 3 rings (SSSR count). The highest BCUT2D eigenvalue weighted by Gasteiger charge is 2.13. The van der Waals surface area contributed by atoms with Gasteiger partial charge >= 0.3 is 0 Å². The number of nitrogens with one attached hydrogen (secondary N) is 1. The van der Waals surface area contributed by atoms with Gasteiger partial charge in [-0.2, -0.15) is 0 Å². The fraction of sp³-hybridized carbons (Fsp3) is 0.500. The molecule has 1 aromatic carbocycles. The normalized spacial score (nSPS) is 16.1. The van der Waals surface area contributed by atoms with Crippen molar-refractivity contribution in [3.05, 3.63) is 53.9 Å². The molecule has 1 fully saturated rings. The Morgan fingerprint density at radius 3 is 2.56 bits per heavy atom. The predicted molar refractivity (Wildman–Crippen MR) is 108 cm³/mol. The average Bonchev–Trinajstić information content (AvgIpc) is 2.72. The van der Waals surface area contributed by atoms with Gasteiger partial charge in [0.15, 0.2) is 11.5 Å². The Bertz CT molecular complexity index is 687. The number of likely N-dealkylation sites (tertiary alicyclic amines) is 1. The molecule has 0 saturated carbocycles. The minimum absolute atomic E-state index is 0.469. The maximum atomic E-state index is 5.92. The van der Waals surface area contributed by atoms with E-state index in [0.29, 0.717) is 12.6 Å². The second kappa shape index (κ2) is 10.3. The molecular formula is C22H31N3O2. The summed E-state index contributed by atoms with van der Waals surface area (Å²) in [6, 6.07) is 10.5. The molecule has 0 bridgehead atoms. The summed E-state index contributed by atoms with van der Waals surface area (Å²) in [5.74, 6) is 1.53. The molecule has 0 spiro atoms. The van der Waals surface area contributed by atoms with Crippen LogP contribution >= 0.6 is 0 Å². The number of rotatable bonds is 9. The molecule has 0 aliphatic carbocycles. The summed E-state index contributed by atoms with van der Waals surface area (Å²) in [4.78, 5) is 6.59. The van der Waals surface area contributed by atoms with Crippen LogP contribution in [-0.4, -0.2) is 42.7 Å². The fourth-order valence-electron chi connectivity index (χ4n) is 3.47. The molecule has 27 heavy (non-hydrogen) atoms. The summed E-state index contributed by atoms with van der Waals surface area (Å²) in [5.41, 5.74) is 2.29. The molecular weight excluding hydrogens is 338 g/mol. The van der Waals surface area contributed by atoms with Crippen molar-refractivity contribution < 1.29 is 9.47 Å². The smallest absolute Gasteiger partial charge is 0.161 e. The SMILES string of the molecule is COc1cc(CNC(C)CN2CCCCC2)ccc1OCc1ccncc1. The first-order chi connectivity index (χ1) is 13.2. The predicted octanol–water partition coefficient (Wildman–Crippen LogP) is 3.63. The van der Waals surface area contributed by atoms with Gasteiger partial charge in [0.05, 0.1) is 7.11 Å². The summed E-state index contributed by atoms with van der Waals surface area (Å²) in [6.45, 7) is 7.19. The van der Waals surface area contributed by atoms with Crippen molar-refractivity contribution >= 4 is 0 Å². The molecule has 5 heteroatoms. The topological polar surface area (TPSA) is 46.6 Å². The highest BCUT2D eigenvalue weighted by molar-refractivity contribution is 5.43. The Kier molecular flexibility index (Phi) is 7.48. The molecule has 1 unspecified atom stereocenters. The number of piperidine rings is 1. The van der Waals surface area contributed by atoms with Gasteiger partial charge in [0, 0.05) is 31.5 Å². The molecule has 1 saturated heterocycles.